The number of nitrogens with zero attached hydrogens (tertiary/aromatic N) is 1. The molecule has 1 fully saturated rings. The molecule has 2 rings (SSSR count). The summed E-state index contributed by atoms with van der Waals surface area (Å²) in [6, 6.07) is 0. The summed E-state index contributed by atoms with van der Waals surface area (Å²) in [5.41, 5.74) is -0.728. The van der Waals surface area contributed by atoms with Crippen LogP contribution in [0.2, 0.25) is 0 Å². The largest absolute Gasteiger partial charge is 0.390 e. The number of aliphatic hydroxyl groups excluding tert-OH is 2. The highest BCUT2D eigenvalue weighted by Crippen LogP contribution is 2.30. The molecule has 1 saturated heterocycles. The van der Waals surface area contributed by atoms with Crippen molar-refractivity contribution in [2.75, 3.05) is 0 Å². The van der Waals surface area contributed by atoms with E-state index in [-0.39, 0.29) is 12.8 Å². The molecule has 0 saturated carbocycles. The van der Waals surface area contributed by atoms with Crippen molar-refractivity contribution in [2.45, 2.75) is 44.3 Å². The summed E-state index contributed by atoms with van der Waals surface area (Å²) < 4.78 is 6.69. The van der Waals surface area contributed by atoms with Gasteiger partial charge in [-0.2, -0.15) is 0 Å². The third kappa shape index (κ3) is 2.67. The van der Waals surface area contributed by atoms with Gasteiger partial charge >= 0.3 is 5.69 Å². The molecule has 1 aromatic rings. The lowest BCUT2D eigenvalue weighted by molar-refractivity contribution is -0.0813. The van der Waals surface area contributed by atoms with Crippen molar-refractivity contribution in [1.82, 2.24) is 9.55 Å². The lowest BCUT2D eigenvalue weighted by Crippen LogP contribution is -2.35. The maximum absolute atomic E-state index is 11.7. The van der Waals surface area contributed by atoms with E-state index in [9.17, 15) is 19.8 Å². The van der Waals surface area contributed by atoms with Crippen LogP contribution in [-0.2, 0) is 4.74 Å². The van der Waals surface area contributed by atoms with Crippen LogP contribution in [0.3, 0.4) is 0 Å². The Morgan fingerprint density at radius 3 is 3.00 bits per heavy atom. The number of ether oxygens (including phenoxy) is 1. The summed E-state index contributed by atoms with van der Waals surface area (Å²) in [7, 11) is 0. The first-order chi connectivity index (χ1) is 9.43. The van der Waals surface area contributed by atoms with Crippen LogP contribution in [0.15, 0.2) is 15.8 Å². The van der Waals surface area contributed by atoms with Crippen molar-refractivity contribution >= 4 is 0 Å². The van der Waals surface area contributed by atoms with Gasteiger partial charge < -0.3 is 14.9 Å². The van der Waals surface area contributed by atoms with Gasteiger partial charge in [-0.05, 0) is 6.92 Å². The van der Waals surface area contributed by atoms with Crippen molar-refractivity contribution < 1.29 is 14.9 Å². The second-order valence-corrected chi connectivity index (χ2v) is 4.81. The van der Waals surface area contributed by atoms with Crippen LogP contribution in [0.4, 0.5) is 0 Å². The molecule has 0 amide bonds. The van der Waals surface area contributed by atoms with E-state index >= 15 is 0 Å². The smallest absolute Gasteiger partial charge is 0.330 e. The highest BCUT2D eigenvalue weighted by atomic mass is 16.5. The second kappa shape index (κ2) is 5.63. The van der Waals surface area contributed by atoms with E-state index < -0.39 is 35.8 Å². The highest BCUT2D eigenvalue weighted by Gasteiger charge is 2.39. The number of hydrogen-bond donors (Lipinski definition) is 3. The number of H-pyrrole nitrogens is 1. The molecular weight excluding hydrogens is 264 g/mol. The fraction of sp³-hybridized carbons (Fsp3) is 0.538. The quantitative estimate of drug-likeness (QED) is 0.608. The number of rotatable bonds is 3. The molecule has 0 bridgehead atoms. The first-order valence-electron chi connectivity index (χ1n) is 6.21. The number of aliphatic hydroxyl groups is 2. The van der Waals surface area contributed by atoms with Crippen molar-refractivity contribution in [1.29, 1.82) is 0 Å². The van der Waals surface area contributed by atoms with Gasteiger partial charge in [0.25, 0.3) is 5.56 Å². The van der Waals surface area contributed by atoms with Crippen LogP contribution in [-0.4, -0.2) is 38.1 Å². The van der Waals surface area contributed by atoms with Crippen LogP contribution in [0.5, 0.6) is 0 Å². The first kappa shape index (κ1) is 14.5. The molecule has 7 nitrogen and oxygen atoms in total. The number of hydrogen-bond acceptors (Lipinski definition) is 5. The van der Waals surface area contributed by atoms with E-state index in [0.717, 1.165) is 0 Å². The maximum atomic E-state index is 11.7. The molecule has 0 spiro atoms. The third-order valence-corrected chi connectivity index (χ3v) is 3.30. The minimum absolute atomic E-state index is 0.0496. The topological polar surface area (TPSA) is 105 Å². The highest BCUT2D eigenvalue weighted by molar-refractivity contribution is 5.02. The van der Waals surface area contributed by atoms with Gasteiger partial charge in [-0.1, -0.05) is 0 Å². The van der Waals surface area contributed by atoms with Crippen molar-refractivity contribution in [3.05, 3.63) is 32.6 Å². The van der Waals surface area contributed by atoms with Gasteiger partial charge in [-0.15, -0.1) is 12.3 Å². The Kier molecular flexibility index (Phi) is 4.09. The molecule has 1 aliphatic rings. The molecule has 2 heterocycles. The van der Waals surface area contributed by atoms with Crippen LogP contribution in [0.25, 0.3) is 0 Å². The lowest BCUT2D eigenvalue weighted by Gasteiger charge is -2.19. The molecule has 4 atom stereocenters. The first-order valence-corrected chi connectivity index (χ1v) is 6.21. The molecule has 0 aliphatic carbocycles. The number of aryl methyl sites for hydroxylation is 1. The predicted molar refractivity (Wildman–Crippen MR) is 70.1 cm³/mol. The van der Waals surface area contributed by atoms with Gasteiger partial charge in [-0.3, -0.25) is 14.3 Å². The Hall–Kier alpha value is -1.88. The average Bonchev–Trinajstić information content (AvgIpc) is 2.76. The van der Waals surface area contributed by atoms with Gasteiger partial charge in [0.05, 0.1) is 12.2 Å². The molecular formula is C13H16N2O5. The summed E-state index contributed by atoms with van der Waals surface area (Å²) in [5, 5.41) is 19.7. The molecule has 7 heteroatoms. The zero-order valence-corrected chi connectivity index (χ0v) is 10.9. The van der Waals surface area contributed by atoms with E-state index in [1.165, 1.54) is 10.8 Å². The molecule has 1 aliphatic heterocycles. The third-order valence-electron chi connectivity index (χ3n) is 3.30. The van der Waals surface area contributed by atoms with E-state index in [2.05, 4.69) is 10.9 Å². The van der Waals surface area contributed by atoms with Crippen LogP contribution in [0, 0.1) is 19.3 Å². The zero-order valence-electron chi connectivity index (χ0n) is 10.9. The van der Waals surface area contributed by atoms with Gasteiger partial charge in [0.15, 0.2) is 0 Å². The van der Waals surface area contributed by atoms with Gasteiger partial charge in [-0.25, -0.2) is 4.79 Å². The van der Waals surface area contributed by atoms with E-state index in [0.29, 0.717) is 5.56 Å². The summed E-state index contributed by atoms with van der Waals surface area (Å²) >= 11 is 0. The van der Waals surface area contributed by atoms with Crippen molar-refractivity contribution in [2.24, 2.45) is 0 Å². The Morgan fingerprint density at radius 1 is 1.65 bits per heavy atom. The van der Waals surface area contributed by atoms with Crippen LogP contribution in [0.1, 0.15) is 24.6 Å². The Morgan fingerprint density at radius 2 is 2.35 bits per heavy atom. The minimum atomic E-state index is -1.00. The van der Waals surface area contributed by atoms with Gasteiger partial charge in [0, 0.05) is 24.6 Å². The van der Waals surface area contributed by atoms with Gasteiger partial charge in [0.2, 0.25) is 0 Å². The van der Waals surface area contributed by atoms with Crippen molar-refractivity contribution in [3.63, 3.8) is 0 Å². The molecule has 3 N–H and O–H groups in total. The normalized spacial score (nSPS) is 27.2. The van der Waals surface area contributed by atoms with Crippen molar-refractivity contribution in [3.8, 4) is 12.3 Å². The molecule has 108 valence electrons. The number of aromatic amines is 1. The average molecular weight is 280 g/mol. The standard InChI is InChI=1S/C13H16N2O5/c1-3-4-8(16)11-9(17)5-10(20-11)15-6-7(2)12(18)14-13(15)19/h1,6,8-11,16-17H,4-5H2,2H3,(H,14,18,19)/t8?,9-,10+,11+/m0/s1. The van der Waals surface area contributed by atoms with Crippen LogP contribution < -0.4 is 11.2 Å². The van der Waals surface area contributed by atoms with Crippen LogP contribution >= 0.6 is 0 Å². The molecule has 1 unspecified atom stereocenters. The van der Waals surface area contributed by atoms with E-state index in [4.69, 9.17) is 11.2 Å². The lowest BCUT2D eigenvalue weighted by atomic mass is 10.1. The Balaban J connectivity index is 2.25. The SMILES string of the molecule is C#CCC(O)[C@H]1O[C@@H](n2cc(C)c(=O)[nH]c2=O)C[C@@H]1O. The summed E-state index contributed by atoms with van der Waals surface area (Å²) in [6.45, 7) is 1.56. The predicted octanol–water partition coefficient (Wildman–Crippen LogP) is -1.12. The minimum Gasteiger partial charge on any atom is -0.390 e. The fourth-order valence-corrected chi connectivity index (χ4v) is 2.23. The Bertz CT molecular complexity index is 641. The molecule has 0 radical (unpaired) electrons. The fourth-order valence-electron chi connectivity index (χ4n) is 2.23. The Labute approximate surface area is 114 Å². The monoisotopic (exact) mass is 280 g/mol. The van der Waals surface area contributed by atoms with E-state index in [1.54, 1.807) is 6.92 Å². The zero-order chi connectivity index (χ0) is 14.9. The van der Waals surface area contributed by atoms with E-state index in [1.807, 2.05) is 0 Å². The molecule has 1 aromatic heterocycles. The summed E-state index contributed by atoms with van der Waals surface area (Å²) in [4.78, 5) is 25.2. The number of aromatic nitrogens is 2. The maximum Gasteiger partial charge on any atom is 0.330 e. The number of terminal acetylenes is 1. The summed E-state index contributed by atoms with van der Waals surface area (Å²) in [5.74, 6) is 2.29. The summed E-state index contributed by atoms with van der Waals surface area (Å²) in [6.07, 6.45) is 3.14. The molecule has 20 heavy (non-hydrogen) atoms. The van der Waals surface area contributed by atoms with Gasteiger partial charge in [0.1, 0.15) is 12.3 Å². The second-order valence-electron chi connectivity index (χ2n) is 4.81. The molecule has 0 aromatic carbocycles. The number of nitrogens with one attached hydrogen (secondary N) is 1.